The van der Waals surface area contributed by atoms with Crippen molar-refractivity contribution in [1.29, 1.82) is 0 Å². The molecule has 1 rings (SSSR count). The molecule has 0 N–H and O–H groups in total. The molecule has 2 nitrogen and oxygen atoms in total. The molecule has 0 amide bonds. The van der Waals surface area contributed by atoms with Crippen LogP contribution in [0.1, 0.15) is 53.4 Å². The highest BCUT2D eigenvalue weighted by atomic mass is 16.1. The summed E-state index contributed by atoms with van der Waals surface area (Å²) in [5, 5.41) is 0. The van der Waals surface area contributed by atoms with Crippen molar-refractivity contribution in [2.45, 2.75) is 53.4 Å². The molecule has 2 atom stereocenters. The van der Waals surface area contributed by atoms with Crippen LogP contribution in [-0.4, -0.2) is 12.1 Å². The Kier molecular flexibility index (Phi) is 4.67. The minimum absolute atomic E-state index is 0.210. The molecule has 1 aliphatic carbocycles. The quantitative estimate of drug-likeness (QED) is 0.500. The summed E-state index contributed by atoms with van der Waals surface area (Å²) in [6.45, 7) is 8.09. The predicted molar refractivity (Wildman–Crippen MR) is 69.7 cm³/mol. The van der Waals surface area contributed by atoms with Crippen molar-refractivity contribution in [1.82, 2.24) is 0 Å². The zero-order valence-electron chi connectivity index (χ0n) is 11.5. The Morgan fingerprint density at radius 2 is 1.88 bits per heavy atom. The van der Waals surface area contributed by atoms with Crippen LogP contribution in [0, 0.1) is 17.3 Å². The lowest BCUT2D eigenvalue weighted by Crippen LogP contribution is -1.92. The molecule has 0 radical (unpaired) electrons. The molecule has 0 aromatic heterocycles. The van der Waals surface area contributed by atoms with Gasteiger partial charge in [0.15, 0.2) is 0 Å². The van der Waals surface area contributed by atoms with Crippen LogP contribution < -0.4 is 0 Å². The summed E-state index contributed by atoms with van der Waals surface area (Å²) in [6, 6.07) is 0. The number of hydrogen-bond donors (Lipinski definition) is 0. The summed E-state index contributed by atoms with van der Waals surface area (Å²) >= 11 is 0. The van der Waals surface area contributed by atoms with Gasteiger partial charge < -0.3 is 9.59 Å². The van der Waals surface area contributed by atoms with E-state index in [1.165, 1.54) is 5.57 Å². The first-order valence-electron chi connectivity index (χ1n) is 6.50. The third-order valence-electron chi connectivity index (χ3n) is 4.12. The van der Waals surface area contributed by atoms with Crippen LogP contribution in [0.5, 0.6) is 0 Å². The van der Waals surface area contributed by atoms with Gasteiger partial charge in [-0.2, -0.15) is 0 Å². The van der Waals surface area contributed by atoms with Crippen LogP contribution in [0.4, 0.5) is 0 Å². The number of Topliss-reactive ketones (excluding diaryl/α,β-unsaturated/α-hetero) is 1. The standard InChI is InChI=1S/C15H24O2/c1-11(6-5-7-12(2)17)8-9-13-14(10-16)15(13,3)4/h6,10,13-14H,5,7-9H2,1-4H3/b11-6+/t13-,14-/m1/s1. The highest BCUT2D eigenvalue weighted by Crippen LogP contribution is 2.59. The molecule has 1 aliphatic rings. The van der Waals surface area contributed by atoms with Gasteiger partial charge in [0.25, 0.3) is 0 Å². The van der Waals surface area contributed by atoms with Gasteiger partial charge >= 0.3 is 0 Å². The van der Waals surface area contributed by atoms with Crippen LogP contribution in [-0.2, 0) is 9.59 Å². The van der Waals surface area contributed by atoms with E-state index in [9.17, 15) is 9.59 Å². The van der Waals surface area contributed by atoms with E-state index in [-0.39, 0.29) is 17.1 Å². The van der Waals surface area contributed by atoms with E-state index in [1.54, 1.807) is 6.92 Å². The maximum absolute atomic E-state index is 10.8. The summed E-state index contributed by atoms with van der Waals surface area (Å²) in [5.41, 5.74) is 1.56. The minimum Gasteiger partial charge on any atom is -0.303 e. The molecule has 0 heterocycles. The van der Waals surface area contributed by atoms with Crippen LogP contribution >= 0.6 is 0 Å². The number of ketones is 1. The van der Waals surface area contributed by atoms with E-state index >= 15 is 0 Å². The van der Waals surface area contributed by atoms with E-state index in [1.807, 2.05) is 0 Å². The first kappa shape index (κ1) is 14.1. The fraction of sp³-hybridized carbons (Fsp3) is 0.733. The smallest absolute Gasteiger partial charge is 0.130 e. The second-order valence-electron chi connectivity index (χ2n) is 5.92. The van der Waals surface area contributed by atoms with Gasteiger partial charge in [0, 0.05) is 12.3 Å². The Labute approximate surface area is 104 Å². The summed E-state index contributed by atoms with van der Waals surface area (Å²) in [6.07, 6.45) is 6.91. The number of allylic oxidation sites excluding steroid dienone is 2. The number of rotatable bonds is 7. The first-order valence-corrected chi connectivity index (χ1v) is 6.50. The Hall–Kier alpha value is -0.920. The highest BCUT2D eigenvalue weighted by molar-refractivity contribution is 5.75. The van der Waals surface area contributed by atoms with Gasteiger partial charge in [-0.25, -0.2) is 0 Å². The summed E-state index contributed by atoms with van der Waals surface area (Å²) in [5.74, 6) is 1.06. The van der Waals surface area contributed by atoms with Crippen LogP contribution in [0.15, 0.2) is 11.6 Å². The maximum atomic E-state index is 10.8. The molecule has 2 heteroatoms. The lowest BCUT2D eigenvalue weighted by molar-refractivity contribution is -0.117. The topological polar surface area (TPSA) is 34.1 Å². The Morgan fingerprint density at radius 3 is 2.35 bits per heavy atom. The molecule has 96 valence electrons. The molecule has 1 fully saturated rings. The van der Waals surface area contributed by atoms with E-state index in [4.69, 9.17) is 0 Å². The monoisotopic (exact) mass is 236 g/mol. The molecule has 1 saturated carbocycles. The predicted octanol–water partition coefficient (Wildman–Crippen LogP) is 3.55. The summed E-state index contributed by atoms with van der Waals surface area (Å²) in [7, 11) is 0. The maximum Gasteiger partial charge on any atom is 0.130 e. The van der Waals surface area contributed by atoms with E-state index in [2.05, 4.69) is 26.8 Å². The largest absolute Gasteiger partial charge is 0.303 e. The summed E-state index contributed by atoms with van der Waals surface area (Å²) in [4.78, 5) is 21.6. The number of carbonyl (C=O) groups excluding carboxylic acids is 2. The van der Waals surface area contributed by atoms with Crippen LogP contribution in [0.2, 0.25) is 0 Å². The number of aldehydes is 1. The second kappa shape index (κ2) is 5.61. The SMILES string of the molecule is CC(=O)CC/C=C(\C)CC[C@@H]1[C@@H](C=O)C1(C)C. The van der Waals surface area contributed by atoms with Crippen LogP contribution in [0.3, 0.4) is 0 Å². The molecule has 0 saturated heterocycles. The first-order chi connectivity index (χ1) is 7.89. The van der Waals surface area contributed by atoms with E-state index in [0.717, 1.165) is 25.5 Å². The highest BCUT2D eigenvalue weighted by Gasteiger charge is 2.56. The fourth-order valence-electron chi connectivity index (χ4n) is 2.62. The summed E-state index contributed by atoms with van der Waals surface area (Å²) < 4.78 is 0. The van der Waals surface area contributed by atoms with Crippen LogP contribution in [0.25, 0.3) is 0 Å². The van der Waals surface area contributed by atoms with Gasteiger partial charge in [-0.1, -0.05) is 25.5 Å². The van der Waals surface area contributed by atoms with Gasteiger partial charge in [0.2, 0.25) is 0 Å². The molecule has 0 unspecified atom stereocenters. The molecule has 0 spiro atoms. The molecule has 0 aromatic rings. The average Bonchev–Trinajstić information content (AvgIpc) is 2.75. The third kappa shape index (κ3) is 3.79. The van der Waals surface area contributed by atoms with Crippen molar-refractivity contribution in [3.05, 3.63) is 11.6 Å². The lowest BCUT2D eigenvalue weighted by atomic mass is 10.0. The van der Waals surface area contributed by atoms with Crippen molar-refractivity contribution in [2.24, 2.45) is 17.3 Å². The second-order valence-corrected chi connectivity index (χ2v) is 5.92. The van der Waals surface area contributed by atoms with Crippen molar-refractivity contribution >= 4 is 12.1 Å². The average molecular weight is 236 g/mol. The Morgan fingerprint density at radius 1 is 1.24 bits per heavy atom. The van der Waals surface area contributed by atoms with Crippen molar-refractivity contribution in [3.8, 4) is 0 Å². The van der Waals surface area contributed by atoms with Gasteiger partial charge in [-0.15, -0.1) is 0 Å². The van der Waals surface area contributed by atoms with Gasteiger partial charge in [0.05, 0.1) is 0 Å². The Bertz CT molecular complexity index is 326. The number of hydrogen-bond acceptors (Lipinski definition) is 2. The molecule has 17 heavy (non-hydrogen) atoms. The van der Waals surface area contributed by atoms with Gasteiger partial charge in [-0.3, -0.25) is 0 Å². The number of carbonyl (C=O) groups is 2. The lowest BCUT2D eigenvalue weighted by Gasteiger charge is -2.03. The fourth-order valence-corrected chi connectivity index (χ4v) is 2.62. The molecule has 0 bridgehead atoms. The molecular formula is C15H24O2. The van der Waals surface area contributed by atoms with E-state index in [0.29, 0.717) is 12.3 Å². The molecule has 0 aromatic carbocycles. The minimum atomic E-state index is 0.210. The van der Waals surface area contributed by atoms with Gasteiger partial charge in [-0.05, 0) is 44.4 Å². The molecular weight excluding hydrogens is 212 g/mol. The van der Waals surface area contributed by atoms with Crippen molar-refractivity contribution in [2.75, 3.05) is 0 Å². The van der Waals surface area contributed by atoms with Gasteiger partial charge in [0.1, 0.15) is 12.1 Å². The van der Waals surface area contributed by atoms with Crippen molar-refractivity contribution in [3.63, 3.8) is 0 Å². The normalized spacial score (nSPS) is 26.7. The Balaban J connectivity index is 2.27. The zero-order valence-corrected chi connectivity index (χ0v) is 11.5. The van der Waals surface area contributed by atoms with Crippen molar-refractivity contribution < 1.29 is 9.59 Å². The van der Waals surface area contributed by atoms with E-state index < -0.39 is 0 Å². The third-order valence-corrected chi connectivity index (χ3v) is 4.12. The zero-order chi connectivity index (χ0) is 13.1. The molecule has 0 aliphatic heterocycles.